The summed E-state index contributed by atoms with van der Waals surface area (Å²) in [4.78, 5) is 3.82. The maximum absolute atomic E-state index is 5.48. The van der Waals surface area contributed by atoms with Gasteiger partial charge in [-0.15, -0.1) is 12.4 Å². The Bertz CT molecular complexity index is 239. The number of ether oxygens (including phenoxy) is 1. The van der Waals surface area contributed by atoms with Gasteiger partial charge in [0.25, 0.3) is 0 Å². The van der Waals surface area contributed by atoms with Crippen LogP contribution in [0.1, 0.15) is 0 Å². The Labute approximate surface area is 107 Å². The van der Waals surface area contributed by atoms with Crippen LogP contribution in [0.25, 0.3) is 0 Å². The zero-order chi connectivity index (χ0) is 11.7. The molecule has 0 saturated heterocycles. The maximum atomic E-state index is 5.48. The van der Waals surface area contributed by atoms with Crippen LogP contribution in [-0.4, -0.2) is 24.2 Å². The van der Waals surface area contributed by atoms with E-state index in [0.717, 1.165) is 23.9 Å². The van der Waals surface area contributed by atoms with Crippen LogP contribution in [0.2, 0.25) is 25.7 Å². The Balaban J connectivity index is 0.000000921. The molecule has 0 N–H and O–H groups in total. The van der Waals surface area contributed by atoms with Crippen LogP contribution in [0.15, 0.2) is 12.4 Å². The van der Waals surface area contributed by atoms with E-state index in [9.17, 15) is 0 Å². The summed E-state index contributed by atoms with van der Waals surface area (Å²) in [5.41, 5.74) is 0. The summed E-state index contributed by atoms with van der Waals surface area (Å²) in [6.45, 7) is 8.46. The first-order valence-corrected chi connectivity index (χ1v) is 12.4. The van der Waals surface area contributed by atoms with Gasteiger partial charge >= 0.3 is 27.0 Å². The number of nitrogens with zero attached hydrogens (tertiary/aromatic N) is 2. The van der Waals surface area contributed by atoms with Crippen molar-refractivity contribution in [2.45, 2.75) is 32.4 Å². The van der Waals surface area contributed by atoms with Crippen molar-refractivity contribution < 1.29 is 22.0 Å². The SMILES string of the molecule is C[Si](C)(C)CCOCn1[c-]ncc1.[Cl][Zn+]. The van der Waals surface area contributed by atoms with Crippen molar-refractivity contribution in [3.05, 3.63) is 18.7 Å². The molecule has 1 aromatic heterocycles. The molecule has 0 radical (unpaired) electrons. The van der Waals surface area contributed by atoms with Crippen LogP contribution in [-0.2, 0) is 28.8 Å². The van der Waals surface area contributed by atoms with Gasteiger partial charge in [-0.3, -0.25) is 0 Å². The quantitative estimate of drug-likeness (QED) is 0.475. The van der Waals surface area contributed by atoms with Crippen LogP contribution in [0, 0.1) is 6.33 Å². The van der Waals surface area contributed by atoms with Crippen LogP contribution in [0.4, 0.5) is 0 Å². The fourth-order valence-corrected chi connectivity index (χ4v) is 1.62. The van der Waals surface area contributed by atoms with E-state index in [2.05, 4.69) is 31.0 Å². The van der Waals surface area contributed by atoms with E-state index < -0.39 is 8.07 Å². The summed E-state index contributed by atoms with van der Waals surface area (Å²) < 4.78 is 7.29. The van der Waals surface area contributed by atoms with Crippen molar-refractivity contribution in [3.63, 3.8) is 0 Å². The van der Waals surface area contributed by atoms with Gasteiger partial charge in [0, 0.05) is 21.0 Å². The first-order chi connectivity index (χ1) is 7.08. The first-order valence-electron chi connectivity index (χ1n) is 4.81. The van der Waals surface area contributed by atoms with Gasteiger partial charge < -0.3 is 14.3 Å². The fraction of sp³-hybridized carbons (Fsp3) is 0.667. The fourth-order valence-electron chi connectivity index (χ4n) is 0.868. The summed E-state index contributed by atoms with van der Waals surface area (Å²) >= 11 is 0.847. The van der Waals surface area contributed by atoms with Crippen molar-refractivity contribution in [2.75, 3.05) is 6.61 Å². The number of aromatic nitrogens is 2. The van der Waals surface area contributed by atoms with Gasteiger partial charge in [0.05, 0.1) is 0 Å². The van der Waals surface area contributed by atoms with Gasteiger partial charge in [-0.1, -0.05) is 19.6 Å². The molecule has 0 aliphatic heterocycles. The summed E-state index contributed by atoms with van der Waals surface area (Å²) in [6, 6.07) is 1.21. The molecule has 0 spiro atoms. The normalized spacial score (nSPS) is 10.8. The van der Waals surface area contributed by atoms with Gasteiger partial charge in [0.15, 0.2) is 0 Å². The topological polar surface area (TPSA) is 27.1 Å². The molecule has 82 valence electrons. The second-order valence-electron chi connectivity index (χ2n) is 4.35. The third-order valence-electron chi connectivity index (χ3n) is 1.73. The van der Waals surface area contributed by atoms with Crippen molar-refractivity contribution in [3.8, 4) is 0 Å². The van der Waals surface area contributed by atoms with E-state index in [1.165, 1.54) is 6.04 Å². The average molecular weight is 298 g/mol. The predicted octanol–water partition coefficient (Wildman–Crippen LogP) is 2.68. The Morgan fingerprint density at radius 3 is 2.60 bits per heavy atom. The minimum absolute atomic E-state index is 0.574. The molecule has 0 aliphatic carbocycles. The van der Waals surface area contributed by atoms with Crippen LogP contribution < -0.4 is 0 Å². The van der Waals surface area contributed by atoms with E-state index in [0.29, 0.717) is 6.73 Å². The summed E-state index contributed by atoms with van der Waals surface area (Å²) in [5, 5.41) is 0. The molecule has 15 heavy (non-hydrogen) atoms. The van der Waals surface area contributed by atoms with Crippen LogP contribution >= 0.6 is 9.69 Å². The van der Waals surface area contributed by atoms with Crippen LogP contribution in [0.5, 0.6) is 0 Å². The Morgan fingerprint density at radius 2 is 2.13 bits per heavy atom. The molecule has 1 heterocycles. The van der Waals surface area contributed by atoms with E-state index in [4.69, 9.17) is 14.4 Å². The molecule has 6 heteroatoms. The molecule has 1 rings (SSSR count). The first kappa shape index (κ1) is 15.3. The molecule has 0 aliphatic rings. The van der Waals surface area contributed by atoms with E-state index >= 15 is 0 Å². The molecule has 0 unspecified atom stereocenters. The summed E-state index contributed by atoms with van der Waals surface area (Å²) in [7, 11) is 3.82. The number of hydrogen-bond donors (Lipinski definition) is 0. The van der Waals surface area contributed by atoms with Crippen LogP contribution in [0.3, 0.4) is 0 Å². The van der Waals surface area contributed by atoms with Gasteiger partial charge in [-0.25, -0.2) is 0 Å². The molecule has 0 fully saturated rings. The van der Waals surface area contributed by atoms with E-state index in [-0.39, 0.29) is 0 Å². The van der Waals surface area contributed by atoms with Crippen molar-refractivity contribution >= 4 is 17.8 Å². The zero-order valence-corrected chi connectivity index (χ0v) is 14.4. The molecule has 0 saturated carbocycles. The second kappa shape index (κ2) is 8.45. The third-order valence-corrected chi connectivity index (χ3v) is 3.44. The predicted molar refractivity (Wildman–Crippen MR) is 61.0 cm³/mol. The standard InChI is InChI=1S/C9H17N2OSi.ClH.Zn/c1-13(2,3)7-6-12-9-11-5-4-10-8-11;;/h4-5H,6-7,9H2,1-3H3;1H;/q-1;;+2/p-1. The summed E-state index contributed by atoms with van der Waals surface area (Å²) in [5.74, 6) is 0. The molecular formula is C9H17ClN2OSiZn. The van der Waals surface area contributed by atoms with Crippen molar-refractivity contribution in [1.82, 2.24) is 9.55 Å². The zero-order valence-electron chi connectivity index (χ0n) is 9.66. The number of rotatable bonds is 5. The molecule has 0 amide bonds. The second-order valence-corrected chi connectivity index (χ2v) is 9.97. The molecule has 3 nitrogen and oxygen atoms in total. The molecule has 0 bridgehead atoms. The van der Waals surface area contributed by atoms with E-state index in [1.807, 2.05) is 10.8 Å². The Hall–Kier alpha value is 0.300. The van der Waals surface area contributed by atoms with Gasteiger partial charge in [0.2, 0.25) is 0 Å². The summed E-state index contributed by atoms with van der Waals surface area (Å²) in [6.07, 6.45) is 6.35. The number of halogens is 1. The molecule has 1 aromatic rings. The monoisotopic (exact) mass is 296 g/mol. The molecular weight excluding hydrogens is 281 g/mol. The van der Waals surface area contributed by atoms with Gasteiger partial charge in [-0.2, -0.15) is 0 Å². The average Bonchev–Trinajstić information content (AvgIpc) is 2.67. The molecule has 0 aromatic carbocycles. The van der Waals surface area contributed by atoms with E-state index in [1.54, 1.807) is 6.20 Å². The number of imidazole rings is 1. The molecule has 0 atom stereocenters. The Morgan fingerprint density at radius 1 is 1.47 bits per heavy atom. The van der Waals surface area contributed by atoms with Crippen molar-refractivity contribution in [1.29, 1.82) is 0 Å². The Kier molecular flexibility index (Phi) is 8.62. The van der Waals surface area contributed by atoms with Crippen molar-refractivity contribution in [2.24, 2.45) is 0 Å². The number of hydrogen-bond acceptors (Lipinski definition) is 2. The minimum atomic E-state index is -0.939. The third kappa shape index (κ3) is 9.24. The van der Waals surface area contributed by atoms with Gasteiger partial charge in [-0.05, 0) is 6.04 Å². The van der Waals surface area contributed by atoms with Gasteiger partial charge in [0.1, 0.15) is 6.73 Å².